The molecule has 0 saturated heterocycles. The number of Topliss-reactive ketones (excluding diaryl/α,β-unsaturated/α-hetero) is 1. The van der Waals surface area contributed by atoms with Crippen LogP contribution in [0, 0.1) is 0 Å². The second kappa shape index (κ2) is 4.96. The van der Waals surface area contributed by atoms with E-state index in [2.05, 4.69) is 37.3 Å². The Balaban J connectivity index is 2.46. The molecule has 17 heavy (non-hydrogen) atoms. The summed E-state index contributed by atoms with van der Waals surface area (Å²) in [6.45, 7) is 3.72. The van der Waals surface area contributed by atoms with Crippen molar-refractivity contribution in [2.24, 2.45) is 0 Å². The zero-order valence-electron chi connectivity index (χ0n) is 10.2. The Kier molecular flexibility index (Phi) is 3.38. The molecule has 2 aromatic rings. The lowest BCUT2D eigenvalue weighted by atomic mass is 10.0. The third-order valence-corrected chi connectivity index (χ3v) is 2.82. The van der Waals surface area contributed by atoms with E-state index >= 15 is 0 Å². The number of hydrogen-bond acceptors (Lipinski definition) is 1. The first-order chi connectivity index (χ1) is 8.20. The van der Waals surface area contributed by atoms with E-state index in [0.29, 0.717) is 0 Å². The molecular weight excluding hydrogens is 208 g/mol. The Morgan fingerprint density at radius 3 is 2.53 bits per heavy atom. The molecule has 0 aliphatic heterocycles. The second-order valence-corrected chi connectivity index (χ2v) is 4.19. The standard InChI is InChI=1S/C16H16O/c1-3-4-5-13-6-7-16-11-14(12(2)17)8-9-15(16)10-13/h4-11H,3H2,1-2H3. The molecule has 1 nitrogen and oxygen atoms in total. The number of hydrogen-bond donors (Lipinski definition) is 0. The topological polar surface area (TPSA) is 17.1 Å². The third kappa shape index (κ3) is 2.62. The largest absolute Gasteiger partial charge is 0.295 e. The van der Waals surface area contributed by atoms with Crippen LogP contribution in [0.4, 0.5) is 0 Å². The maximum Gasteiger partial charge on any atom is 0.159 e. The number of fused-ring (bicyclic) bond motifs is 1. The molecule has 2 aromatic carbocycles. The molecule has 0 heterocycles. The van der Waals surface area contributed by atoms with Crippen LogP contribution in [0.2, 0.25) is 0 Å². The van der Waals surface area contributed by atoms with E-state index < -0.39 is 0 Å². The van der Waals surface area contributed by atoms with Crippen LogP contribution in [0.3, 0.4) is 0 Å². The molecule has 1 heteroatoms. The highest BCUT2D eigenvalue weighted by molar-refractivity contribution is 5.98. The van der Waals surface area contributed by atoms with E-state index in [1.54, 1.807) is 6.92 Å². The highest BCUT2D eigenvalue weighted by Crippen LogP contribution is 2.19. The van der Waals surface area contributed by atoms with Crippen molar-refractivity contribution >= 4 is 22.6 Å². The fraction of sp³-hybridized carbons (Fsp3) is 0.188. The van der Waals surface area contributed by atoms with E-state index in [-0.39, 0.29) is 5.78 Å². The molecule has 2 rings (SSSR count). The van der Waals surface area contributed by atoms with E-state index in [1.165, 1.54) is 10.9 Å². The Hall–Kier alpha value is -1.89. The predicted molar refractivity (Wildman–Crippen MR) is 73.3 cm³/mol. The minimum Gasteiger partial charge on any atom is -0.295 e. The van der Waals surface area contributed by atoms with Gasteiger partial charge in [0.15, 0.2) is 5.78 Å². The molecule has 0 N–H and O–H groups in total. The summed E-state index contributed by atoms with van der Waals surface area (Å²) in [5.41, 5.74) is 1.98. The van der Waals surface area contributed by atoms with Gasteiger partial charge in [0.25, 0.3) is 0 Å². The van der Waals surface area contributed by atoms with Crippen LogP contribution in [0.15, 0.2) is 42.5 Å². The van der Waals surface area contributed by atoms with E-state index in [1.807, 2.05) is 18.2 Å². The molecule has 0 aliphatic carbocycles. The summed E-state index contributed by atoms with van der Waals surface area (Å²) in [5, 5.41) is 2.29. The van der Waals surface area contributed by atoms with Gasteiger partial charge in [0, 0.05) is 5.56 Å². The fourth-order valence-corrected chi connectivity index (χ4v) is 1.84. The first-order valence-electron chi connectivity index (χ1n) is 5.92. The lowest BCUT2D eigenvalue weighted by Gasteiger charge is -2.02. The minimum atomic E-state index is 0.113. The van der Waals surface area contributed by atoms with Crippen LogP contribution in [-0.4, -0.2) is 5.78 Å². The van der Waals surface area contributed by atoms with Gasteiger partial charge in [-0.1, -0.05) is 43.3 Å². The molecule has 0 fully saturated rings. The molecule has 86 valence electrons. The molecule has 0 saturated carbocycles. The van der Waals surface area contributed by atoms with E-state index in [4.69, 9.17) is 0 Å². The average Bonchev–Trinajstić information content (AvgIpc) is 2.35. The molecule has 0 amide bonds. The van der Waals surface area contributed by atoms with Crippen LogP contribution < -0.4 is 0 Å². The molecule has 0 bridgehead atoms. The summed E-state index contributed by atoms with van der Waals surface area (Å²) in [6, 6.07) is 12.1. The maximum absolute atomic E-state index is 11.3. The maximum atomic E-state index is 11.3. The van der Waals surface area contributed by atoms with Crippen molar-refractivity contribution in [3.63, 3.8) is 0 Å². The van der Waals surface area contributed by atoms with Gasteiger partial charge in [0.05, 0.1) is 0 Å². The van der Waals surface area contributed by atoms with Crippen molar-refractivity contribution in [1.82, 2.24) is 0 Å². The summed E-state index contributed by atoms with van der Waals surface area (Å²) < 4.78 is 0. The van der Waals surface area contributed by atoms with Gasteiger partial charge < -0.3 is 0 Å². The summed E-state index contributed by atoms with van der Waals surface area (Å²) in [5.74, 6) is 0.113. The molecule has 0 aromatic heterocycles. The summed E-state index contributed by atoms with van der Waals surface area (Å²) >= 11 is 0. The molecule has 0 aliphatic rings. The van der Waals surface area contributed by atoms with Crippen LogP contribution in [0.25, 0.3) is 16.8 Å². The van der Waals surface area contributed by atoms with Crippen LogP contribution >= 0.6 is 0 Å². The quantitative estimate of drug-likeness (QED) is 0.703. The van der Waals surface area contributed by atoms with Gasteiger partial charge in [-0.3, -0.25) is 4.79 Å². The molecule has 0 spiro atoms. The number of carbonyl (C=O) groups excluding carboxylic acids is 1. The number of benzene rings is 2. The van der Waals surface area contributed by atoms with E-state index in [9.17, 15) is 4.79 Å². The lowest BCUT2D eigenvalue weighted by molar-refractivity contribution is 0.101. The molecule has 0 radical (unpaired) electrons. The van der Waals surface area contributed by atoms with Gasteiger partial charge in [0.2, 0.25) is 0 Å². The predicted octanol–water partition coefficient (Wildman–Crippen LogP) is 4.47. The van der Waals surface area contributed by atoms with Crippen molar-refractivity contribution in [2.75, 3.05) is 0 Å². The first kappa shape index (κ1) is 11.6. The Morgan fingerprint density at radius 1 is 1.12 bits per heavy atom. The van der Waals surface area contributed by atoms with Crippen LogP contribution in [0.1, 0.15) is 36.2 Å². The number of rotatable bonds is 3. The van der Waals surface area contributed by atoms with Crippen molar-refractivity contribution in [3.05, 3.63) is 53.6 Å². The van der Waals surface area contributed by atoms with Crippen molar-refractivity contribution in [2.45, 2.75) is 20.3 Å². The third-order valence-electron chi connectivity index (χ3n) is 2.82. The van der Waals surface area contributed by atoms with Gasteiger partial charge >= 0.3 is 0 Å². The van der Waals surface area contributed by atoms with Crippen LogP contribution in [-0.2, 0) is 0 Å². The van der Waals surface area contributed by atoms with Crippen molar-refractivity contribution in [1.29, 1.82) is 0 Å². The Bertz CT molecular complexity index is 579. The number of ketones is 1. The fourth-order valence-electron chi connectivity index (χ4n) is 1.84. The van der Waals surface area contributed by atoms with Gasteiger partial charge in [-0.2, -0.15) is 0 Å². The van der Waals surface area contributed by atoms with E-state index in [0.717, 1.165) is 17.4 Å². The van der Waals surface area contributed by atoms with Gasteiger partial charge in [-0.25, -0.2) is 0 Å². The summed E-state index contributed by atoms with van der Waals surface area (Å²) in [4.78, 5) is 11.3. The zero-order valence-corrected chi connectivity index (χ0v) is 10.2. The lowest BCUT2D eigenvalue weighted by Crippen LogP contribution is -1.90. The van der Waals surface area contributed by atoms with Crippen molar-refractivity contribution in [3.8, 4) is 0 Å². The smallest absolute Gasteiger partial charge is 0.159 e. The molecular formula is C16H16O. The van der Waals surface area contributed by atoms with Gasteiger partial charge in [-0.05, 0) is 41.8 Å². The minimum absolute atomic E-state index is 0.113. The Morgan fingerprint density at radius 2 is 1.82 bits per heavy atom. The first-order valence-corrected chi connectivity index (χ1v) is 5.92. The highest BCUT2D eigenvalue weighted by atomic mass is 16.1. The average molecular weight is 224 g/mol. The normalized spacial score (nSPS) is 11.2. The summed E-state index contributed by atoms with van der Waals surface area (Å²) in [6.07, 6.45) is 5.31. The van der Waals surface area contributed by atoms with Crippen LogP contribution in [0.5, 0.6) is 0 Å². The highest BCUT2D eigenvalue weighted by Gasteiger charge is 2.00. The monoisotopic (exact) mass is 224 g/mol. The SMILES string of the molecule is CCC=Cc1ccc2cc(C(C)=O)ccc2c1. The van der Waals surface area contributed by atoms with Gasteiger partial charge in [-0.15, -0.1) is 0 Å². The molecule has 0 atom stereocenters. The van der Waals surface area contributed by atoms with Crippen molar-refractivity contribution < 1.29 is 4.79 Å². The number of carbonyl (C=O) groups is 1. The molecule has 0 unspecified atom stereocenters. The Labute approximate surface area is 102 Å². The summed E-state index contributed by atoms with van der Waals surface area (Å²) in [7, 11) is 0. The number of allylic oxidation sites excluding steroid dienone is 1. The zero-order chi connectivity index (χ0) is 12.3. The second-order valence-electron chi connectivity index (χ2n) is 4.19. The van der Waals surface area contributed by atoms with Gasteiger partial charge in [0.1, 0.15) is 0 Å².